The minimum atomic E-state index is -0.168. The number of hydrogen-bond acceptors (Lipinski definition) is 5. The van der Waals surface area contributed by atoms with E-state index in [9.17, 15) is 4.79 Å². The van der Waals surface area contributed by atoms with E-state index in [2.05, 4.69) is 41.2 Å². The van der Waals surface area contributed by atoms with E-state index >= 15 is 0 Å². The van der Waals surface area contributed by atoms with E-state index in [-0.39, 0.29) is 17.9 Å². The first kappa shape index (κ1) is 17.8. The van der Waals surface area contributed by atoms with Crippen LogP contribution in [0.25, 0.3) is 0 Å². The molecule has 1 saturated heterocycles. The number of rotatable bonds is 8. The van der Waals surface area contributed by atoms with E-state index in [1.54, 1.807) is 0 Å². The monoisotopic (exact) mass is 322 g/mol. The van der Waals surface area contributed by atoms with Crippen LogP contribution in [0.3, 0.4) is 0 Å². The Kier molecular flexibility index (Phi) is 6.50. The Hall–Kier alpha value is -1.50. The third-order valence-electron chi connectivity index (χ3n) is 4.71. The molecule has 1 aromatic rings. The lowest BCUT2D eigenvalue weighted by Gasteiger charge is -2.36. The maximum atomic E-state index is 11.4. The van der Waals surface area contributed by atoms with Crippen molar-refractivity contribution in [2.75, 3.05) is 13.1 Å². The maximum absolute atomic E-state index is 11.4. The SMILES string of the molecule is CCC[C@H](c1nnnn1CCC(C)C)N1CCC(C(N)=O)CC1. The molecule has 1 aromatic heterocycles. The molecule has 2 N–H and O–H groups in total. The molecule has 1 fully saturated rings. The second-order valence-corrected chi connectivity index (χ2v) is 6.96. The number of aromatic nitrogens is 4. The van der Waals surface area contributed by atoms with E-state index in [1.165, 1.54) is 0 Å². The van der Waals surface area contributed by atoms with Gasteiger partial charge in [0.05, 0.1) is 6.04 Å². The van der Waals surface area contributed by atoms with Gasteiger partial charge in [-0.25, -0.2) is 4.68 Å². The summed E-state index contributed by atoms with van der Waals surface area (Å²) in [5.74, 6) is 1.44. The number of nitrogens with zero attached hydrogens (tertiary/aromatic N) is 5. The van der Waals surface area contributed by atoms with Crippen LogP contribution in [0.4, 0.5) is 0 Å². The number of carbonyl (C=O) groups is 1. The van der Waals surface area contributed by atoms with Crippen LogP contribution >= 0.6 is 0 Å². The Bertz CT molecular complexity index is 493. The Morgan fingerprint density at radius 2 is 2.00 bits per heavy atom. The van der Waals surface area contributed by atoms with Crippen LogP contribution in [-0.2, 0) is 11.3 Å². The largest absolute Gasteiger partial charge is 0.369 e. The highest BCUT2D eigenvalue weighted by atomic mass is 16.1. The number of primary amides is 1. The first-order chi connectivity index (χ1) is 11.0. The minimum absolute atomic E-state index is 0.0189. The van der Waals surface area contributed by atoms with Gasteiger partial charge >= 0.3 is 0 Å². The molecule has 0 aromatic carbocycles. The van der Waals surface area contributed by atoms with E-state index in [0.717, 1.165) is 57.6 Å². The van der Waals surface area contributed by atoms with Gasteiger partial charge in [-0.1, -0.05) is 27.2 Å². The van der Waals surface area contributed by atoms with Crippen molar-refractivity contribution in [2.24, 2.45) is 17.6 Å². The maximum Gasteiger partial charge on any atom is 0.220 e. The summed E-state index contributed by atoms with van der Waals surface area (Å²) in [6.45, 7) is 9.23. The van der Waals surface area contributed by atoms with Crippen LogP contribution in [-0.4, -0.2) is 44.1 Å². The fourth-order valence-corrected chi connectivity index (χ4v) is 3.23. The summed E-state index contributed by atoms with van der Waals surface area (Å²) in [5.41, 5.74) is 5.44. The Balaban J connectivity index is 2.07. The number of tetrazole rings is 1. The summed E-state index contributed by atoms with van der Waals surface area (Å²) in [7, 11) is 0. The topological polar surface area (TPSA) is 89.9 Å². The second kappa shape index (κ2) is 8.38. The number of amides is 1. The lowest BCUT2D eigenvalue weighted by Crippen LogP contribution is -2.41. The fourth-order valence-electron chi connectivity index (χ4n) is 3.23. The summed E-state index contributed by atoms with van der Waals surface area (Å²) in [4.78, 5) is 13.8. The molecule has 1 aliphatic rings. The van der Waals surface area contributed by atoms with E-state index < -0.39 is 0 Å². The highest BCUT2D eigenvalue weighted by molar-refractivity contribution is 5.76. The van der Waals surface area contributed by atoms with Gasteiger partial charge in [-0.05, 0) is 55.1 Å². The second-order valence-electron chi connectivity index (χ2n) is 6.96. The number of aryl methyl sites for hydroxylation is 1. The van der Waals surface area contributed by atoms with Crippen LogP contribution in [0.2, 0.25) is 0 Å². The molecule has 23 heavy (non-hydrogen) atoms. The van der Waals surface area contributed by atoms with Gasteiger partial charge in [0, 0.05) is 12.5 Å². The zero-order valence-electron chi connectivity index (χ0n) is 14.6. The average Bonchev–Trinajstić information content (AvgIpc) is 2.99. The van der Waals surface area contributed by atoms with E-state index in [4.69, 9.17) is 5.73 Å². The molecule has 7 nitrogen and oxygen atoms in total. The first-order valence-corrected chi connectivity index (χ1v) is 8.82. The predicted molar refractivity (Wildman–Crippen MR) is 88.4 cm³/mol. The van der Waals surface area contributed by atoms with Gasteiger partial charge in [0.1, 0.15) is 0 Å². The molecule has 1 aliphatic heterocycles. The first-order valence-electron chi connectivity index (χ1n) is 8.82. The average molecular weight is 322 g/mol. The van der Waals surface area contributed by atoms with Crippen LogP contribution in [0.5, 0.6) is 0 Å². The number of carbonyl (C=O) groups excluding carboxylic acids is 1. The summed E-state index contributed by atoms with van der Waals surface area (Å²) >= 11 is 0. The van der Waals surface area contributed by atoms with Gasteiger partial charge in [-0.2, -0.15) is 0 Å². The molecular weight excluding hydrogens is 292 g/mol. The van der Waals surface area contributed by atoms with Crippen molar-refractivity contribution >= 4 is 5.91 Å². The van der Waals surface area contributed by atoms with Crippen molar-refractivity contribution in [1.82, 2.24) is 25.1 Å². The van der Waals surface area contributed by atoms with Crippen LogP contribution in [0.15, 0.2) is 0 Å². The highest BCUT2D eigenvalue weighted by Crippen LogP contribution is 2.29. The van der Waals surface area contributed by atoms with Crippen molar-refractivity contribution < 1.29 is 4.79 Å². The molecule has 2 rings (SSSR count). The molecule has 0 aliphatic carbocycles. The molecule has 0 bridgehead atoms. The molecule has 0 radical (unpaired) electrons. The summed E-state index contributed by atoms with van der Waals surface area (Å²) < 4.78 is 1.96. The lowest BCUT2D eigenvalue weighted by molar-refractivity contribution is -0.123. The molecule has 7 heteroatoms. The molecule has 1 atom stereocenters. The van der Waals surface area contributed by atoms with Gasteiger partial charge < -0.3 is 5.73 Å². The van der Waals surface area contributed by atoms with Gasteiger partial charge in [-0.15, -0.1) is 5.10 Å². The molecule has 1 amide bonds. The predicted octanol–water partition coefficient (Wildman–Crippen LogP) is 1.76. The summed E-state index contributed by atoms with van der Waals surface area (Å²) in [6, 6.07) is 0.232. The standard InChI is InChI=1S/C16H30N6O/c1-4-5-14(21-9-7-13(8-10-21)15(17)23)16-18-19-20-22(16)11-6-12(2)3/h12-14H,4-11H2,1-3H3,(H2,17,23)/t14-/m1/s1. The minimum Gasteiger partial charge on any atom is -0.369 e. The zero-order valence-corrected chi connectivity index (χ0v) is 14.6. The summed E-state index contributed by atoms with van der Waals surface area (Å²) in [6.07, 6.45) is 4.85. The van der Waals surface area contributed by atoms with E-state index in [1.807, 2.05) is 4.68 Å². The normalized spacial score (nSPS) is 18.4. The summed E-state index contributed by atoms with van der Waals surface area (Å²) in [5, 5.41) is 12.4. The quantitative estimate of drug-likeness (QED) is 0.787. The number of likely N-dealkylation sites (tertiary alicyclic amines) is 1. The number of piperidine rings is 1. The zero-order chi connectivity index (χ0) is 16.8. The molecule has 0 spiro atoms. The Morgan fingerprint density at radius 1 is 1.30 bits per heavy atom. The molecule has 2 heterocycles. The molecule has 0 unspecified atom stereocenters. The van der Waals surface area contributed by atoms with Crippen LogP contribution in [0.1, 0.15) is 64.7 Å². The van der Waals surface area contributed by atoms with Gasteiger partial charge in [0.25, 0.3) is 0 Å². The highest BCUT2D eigenvalue weighted by Gasteiger charge is 2.30. The van der Waals surface area contributed by atoms with Crippen molar-refractivity contribution in [3.05, 3.63) is 5.82 Å². The molecular formula is C16H30N6O. The van der Waals surface area contributed by atoms with Gasteiger partial charge in [0.2, 0.25) is 5.91 Å². The van der Waals surface area contributed by atoms with Crippen molar-refractivity contribution in [3.63, 3.8) is 0 Å². The fraction of sp³-hybridized carbons (Fsp3) is 0.875. The van der Waals surface area contributed by atoms with Gasteiger partial charge in [-0.3, -0.25) is 9.69 Å². The van der Waals surface area contributed by atoms with Gasteiger partial charge in [0.15, 0.2) is 5.82 Å². The smallest absolute Gasteiger partial charge is 0.220 e. The van der Waals surface area contributed by atoms with Crippen molar-refractivity contribution in [2.45, 2.75) is 65.5 Å². The van der Waals surface area contributed by atoms with Crippen molar-refractivity contribution in [3.8, 4) is 0 Å². The third-order valence-corrected chi connectivity index (χ3v) is 4.71. The van der Waals surface area contributed by atoms with Crippen LogP contribution in [0, 0.1) is 11.8 Å². The Labute approximate surface area is 138 Å². The van der Waals surface area contributed by atoms with E-state index in [0.29, 0.717) is 5.92 Å². The molecule has 130 valence electrons. The third kappa shape index (κ3) is 4.73. The molecule has 0 saturated carbocycles. The Morgan fingerprint density at radius 3 is 2.57 bits per heavy atom. The lowest BCUT2D eigenvalue weighted by atomic mass is 9.94. The van der Waals surface area contributed by atoms with Crippen molar-refractivity contribution in [1.29, 1.82) is 0 Å². The van der Waals surface area contributed by atoms with Crippen LogP contribution < -0.4 is 5.73 Å². The number of nitrogens with two attached hydrogens (primary N) is 1. The number of hydrogen-bond donors (Lipinski definition) is 1.